The van der Waals surface area contributed by atoms with E-state index in [-0.39, 0.29) is 0 Å². The Hall–Kier alpha value is -0.570. The third-order valence-corrected chi connectivity index (χ3v) is 5.18. The molecular weight excluding hydrogens is 248 g/mol. The van der Waals surface area contributed by atoms with Gasteiger partial charge in [-0.15, -0.1) is 0 Å². The van der Waals surface area contributed by atoms with Gasteiger partial charge in [-0.25, -0.2) is 0 Å². The highest BCUT2D eigenvalue weighted by Crippen LogP contribution is 2.41. The van der Waals surface area contributed by atoms with Crippen molar-refractivity contribution in [2.45, 2.75) is 59.3 Å². The van der Waals surface area contributed by atoms with Gasteiger partial charge in [0.05, 0.1) is 0 Å². The third kappa shape index (κ3) is 3.97. The Labute approximate surface area is 124 Å². The molecule has 0 aromatic rings. The number of rotatable bonds is 4. The van der Waals surface area contributed by atoms with Gasteiger partial charge >= 0.3 is 0 Å². The Bertz CT molecular complexity index is 309. The summed E-state index contributed by atoms with van der Waals surface area (Å²) >= 11 is 0. The van der Waals surface area contributed by atoms with E-state index in [2.05, 4.69) is 30.6 Å². The van der Waals surface area contributed by atoms with Gasteiger partial charge in [0.2, 0.25) is 5.91 Å². The maximum Gasteiger partial charge on any atom is 0.222 e. The lowest BCUT2D eigenvalue weighted by Gasteiger charge is -2.47. The SMILES string of the molecule is CCCC(=O)N1CCC2(CCN(CC(C)C)CC2)CC1. The Kier molecular flexibility index (Phi) is 5.48. The number of amides is 1. The summed E-state index contributed by atoms with van der Waals surface area (Å²) in [7, 11) is 0. The first-order valence-corrected chi connectivity index (χ1v) is 8.55. The van der Waals surface area contributed by atoms with E-state index >= 15 is 0 Å². The van der Waals surface area contributed by atoms with Crippen LogP contribution in [0.1, 0.15) is 59.3 Å². The quantitative estimate of drug-likeness (QED) is 0.790. The number of carbonyl (C=O) groups is 1. The van der Waals surface area contributed by atoms with Crippen LogP contribution in [0.25, 0.3) is 0 Å². The van der Waals surface area contributed by atoms with Crippen LogP contribution in [0.5, 0.6) is 0 Å². The second-order valence-electron chi connectivity index (χ2n) is 7.33. The van der Waals surface area contributed by atoms with Crippen LogP contribution in [0.15, 0.2) is 0 Å². The van der Waals surface area contributed by atoms with E-state index in [1.54, 1.807) is 0 Å². The summed E-state index contributed by atoms with van der Waals surface area (Å²) in [4.78, 5) is 16.7. The largest absolute Gasteiger partial charge is 0.343 e. The molecule has 0 aromatic carbocycles. The predicted octanol–water partition coefficient (Wildman–Crippen LogP) is 3.15. The van der Waals surface area contributed by atoms with Crippen molar-refractivity contribution in [3.63, 3.8) is 0 Å². The molecule has 2 aliphatic heterocycles. The van der Waals surface area contributed by atoms with Crippen LogP contribution >= 0.6 is 0 Å². The average Bonchev–Trinajstić information content (AvgIpc) is 2.42. The molecule has 0 unspecified atom stereocenters. The minimum atomic E-state index is 0.375. The first-order valence-electron chi connectivity index (χ1n) is 8.55. The molecule has 0 aromatic heterocycles. The fourth-order valence-corrected chi connectivity index (χ4v) is 3.83. The van der Waals surface area contributed by atoms with Gasteiger partial charge in [-0.05, 0) is 56.5 Å². The summed E-state index contributed by atoms with van der Waals surface area (Å²) < 4.78 is 0. The normalized spacial score (nSPS) is 23.5. The third-order valence-electron chi connectivity index (χ3n) is 5.18. The molecule has 1 amide bonds. The fourth-order valence-electron chi connectivity index (χ4n) is 3.83. The monoisotopic (exact) mass is 280 g/mol. The van der Waals surface area contributed by atoms with Crippen molar-refractivity contribution in [2.24, 2.45) is 11.3 Å². The summed E-state index contributed by atoms with van der Waals surface area (Å²) in [5.41, 5.74) is 0.552. The first kappa shape index (κ1) is 15.8. The van der Waals surface area contributed by atoms with Crippen molar-refractivity contribution >= 4 is 5.91 Å². The summed E-state index contributed by atoms with van der Waals surface area (Å²) in [6.07, 6.45) is 6.86. The standard InChI is InChI=1S/C17H32N2O/c1-4-5-16(20)19-12-8-17(9-13-19)6-10-18(11-7-17)14-15(2)3/h15H,4-14H2,1-3H3. The van der Waals surface area contributed by atoms with Crippen LogP contribution in [0.3, 0.4) is 0 Å². The van der Waals surface area contributed by atoms with E-state index in [9.17, 15) is 4.79 Å². The van der Waals surface area contributed by atoms with Gasteiger partial charge in [-0.3, -0.25) is 4.79 Å². The molecule has 2 fully saturated rings. The molecule has 0 N–H and O–H groups in total. The molecule has 1 spiro atoms. The molecule has 0 atom stereocenters. The van der Waals surface area contributed by atoms with E-state index in [4.69, 9.17) is 0 Å². The second kappa shape index (κ2) is 6.93. The first-order chi connectivity index (χ1) is 9.54. The number of hydrogen-bond acceptors (Lipinski definition) is 2. The molecular formula is C17H32N2O. The highest BCUT2D eigenvalue weighted by Gasteiger charge is 2.38. The van der Waals surface area contributed by atoms with Crippen molar-refractivity contribution in [1.82, 2.24) is 9.80 Å². The molecule has 3 heteroatoms. The van der Waals surface area contributed by atoms with Gasteiger partial charge < -0.3 is 9.80 Å². The second-order valence-corrected chi connectivity index (χ2v) is 7.33. The molecule has 2 saturated heterocycles. The number of carbonyl (C=O) groups excluding carboxylic acids is 1. The minimum absolute atomic E-state index is 0.375. The highest BCUT2D eigenvalue weighted by atomic mass is 16.2. The lowest BCUT2D eigenvalue weighted by Crippen LogP contribution is -2.48. The number of hydrogen-bond donors (Lipinski definition) is 0. The van der Waals surface area contributed by atoms with Crippen LogP contribution in [0.4, 0.5) is 0 Å². The molecule has 20 heavy (non-hydrogen) atoms. The van der Waals surface area contributed by atoms with Crippen molar-refractivity contribution in [3.8, 4) is 0 Å². The van der Waals surface area contributed by atoms with Crippen LogP contribution in [-0.2, 0) is 4.79 Å². The highest BCUT2D eigenvalue weighted by molar-refractivity contribution is 5.76. The van der Waals surface area contributed by atoms with E-state index < -0.39 is 0 Å². The van der Waals surface area contributed by atoms with Gasteiger partial charge in [-0.1, -0.05) is 20.8 Å². The number of nitrogens with zero attached hydrogens (tertiary/aromatic N) is 2. The summed E-state index contributed by atoms with van der Waals surface area (Å²) in [5.74, 6) is 1.15. The summed E-state index contributed by atoms with van der Waals surface area (Å²) in [6.45, 7) is 12.5. The predicted molar refractivity (Wildman–Crippen MR) is 83.7 cm³/mol. The van der Waals surface area contributed by atoms with Gasteiger partial charge in [0, 0.05) is 26.1 Å². The Morgan fingerprint density at radius 2 is 1.60 bits per heavy atom. The van der Waals surface area contributed by atoms with Crippen LogP contribution in [-0.4, -0.2) is 48.4 Å². The zero-order valence-corrected chi connectivity index (χ0v) is 13.7. The molecule has 0 aliphatic carbocycles. The zero-order valence-electron chi connectivity index (χ0n) is 13.7. The van der Waals surface area contributed by atoms with Crippen molar-refractivity contribution < 1.29 is 4.79 Å². The number of piperidine rings is 2. The van der Waals surface area contributed by atoms with Crippen molar-refractivity contribution in [3.05, 3.63) is 0 Å². The molecule has 0 saturated carbocycles. The van der Waals surface area contributed by atoms with E-state index in [1.165, 1.54) is 45.3 Å². The van der Waals surface area contributed by atoms with Gasteiger partial charge in [0.15, 0.2) is 0 Å². The van der Waals surface area contributed by atoms with Crippen LogP contribution < -0.4 is 0 Å². The summed E-state index contributed by atoms with van der Waals surface area (Å²) in [6, 6.07) is 0. The molecule has 3 nitrogen and oxygen atoms in total. The molecule has 0 bridgehead atoms. The smallest absolute Gasteiger partial charge is 0.222 e. The van der Waals surface area contributed by atoms with Crippen molar-refractivity contribution in [1.29, 1.82) is 0 Å². The molecule has 0 radical (unpaired) electrons. The maximum atomic E-state index is 12.0. The minimum Gasteiger partial charge on any atom is -0.343 e. The maximum absolute atomic E-state index is 12.0. The van der Waals surface area contributed by atoms with Crippen molar-refractivity contribution in [2.75, 3.05) is 32.7 Å². The van der Waals surface area contributed by atoms with Crippen LogP contribution in [0, 0.1) is 11.3 Å². The Morgan fingerprint density at radius 3 is 2.10 bits per heavy atom. The van der Waals surface area contributed by atoms with E-state index in [0.29, 0.717) is 11.3 Å². The lowest BCUT2D eigenvalue weighted by molar-refractivity contribution is -0.134. The molecule has 2 aliphatic rings. The van der Waals surface area contributed by atoms with Crippen LogP contribution in [0.2, 0.25) is 0 Å². The fraction of sp³-hybridized carbons (Fsp3) is 0.941. The van der Waals surface area contributed by atoms with Gasteiger partial charge in [0.1, 0.15) is 0 Å². The lowest BCUT2D eigenvalue weighted by atomic mass is 9.71. The average molecular weight is 280 g/mol. The number of likely N-dealkylation sites (tertiary alicyclic amines) is 2. The van der Waals surface area contributed by atoms with Gasteiger partial charge in [-0.2, -0.15) is 0 Å². The van der Waals surface area contributed by atoms with E-state index in [1.807, 2.05) is 0 Å². The van der Waals surface area contributed by atoms with E-state index in [0.717, 1.165) is 31.8 Å². The molecule has 2 rings (SSSR count). The molecule has 116 valence electrons. The Morgan fingerprint density at radius 1 is 1.05 bits per heavy atom. The van der Waals surface area contributed by atoms with Gasteiger partial charge in [0.25, 0.3) is 0 Å². The Balaban J connectivity index is 1.78. The summed E-state index contributed by atoms with van der Waals surface area (Å²) in [5, 5.41) is 0. The zero-order chi connectivity index (χ0) is 14.6. The molecule has 2 heterocycles. The topological polar surface area (TPSA) is 23.6 Å².